The molecule has 0 unspecified atom stereocenters. The number of nitrogens with zero attached hydrogens (tertiary/aromatic N) is 3. The van der Waals surface area contributed by atoms with Crippen LogP contribution in [0.25, 0.3) is 0 Å². The smallest absolute Gasteiger partial charge is 0.319 e. The molecule has 0 saturated carbocycles. The standard InChI is InChI=1S/C15H24N4O/c1-18(2)15(20)19-11-7-14(8-12-19)17-10-6-13-5-3-4-9-16-13/h3-5,9,14,17H,6-8,10-12H2,1-2H3. The van der Waals surface area contributed by atoms with Gasteiger partial charge in [0.15, 0.2) is 0 Å². The number of carbonyl (C=O) groups is 1. The average Bonchev–Trinajstić information content (AvgIpc) is 2.48. The van der Waals surface area contributed by atoms with Crippen molar-refractivity contribution in [3.63, 3.8) is 0 Å². The Morgan fingerprint density at radius 2 is 2.15 bits per heavy atom. The van der Waals surface area contributed by atoms with Crippen LogP contribution >= 0.6 is 0 Å². The lowest BCUT2D eigenvalue weighted by Gasteiger charge is -2.34. The van der Waals surface area contributed by atoms with Crippen LogP contribution in [-0.2, 0) is 6.42 Å². The Balaban J connectivity index is 1.66. The number of aromatic nitrogens is 1. The summed E-state index contributed by atoms with van der Waals surface area (Å²) in [5, 5.41) is 3.57. The number of hydrogen-bond donors (Lipinski definition) is 1. The number of carbonyl (C=O) groups excluding carboxylic acids is 1. The van der Waals surface area contributed by atoms with Crippen LogP contribution in [0.4, 0.5) is 4.79 Å². The van der Waals surface area contributed by atoms with Crippen LogP contribution in [0.3, 0.4) is 0 Å². The van der Waals surface area contributed by atoms with Gasteiger partial charge in [0.2, 0.25) is 0 Å². The molecule has 1 saturated heterocycles. The summed E-state index contributed by atoms with van der Waals surface area (Å²) in [5.74, 6) is 0. The van der Waals surface area contributed by atoms with E-state index in [4.69, 9.17) is 0 Å². The maximum Gasteiger partial charge on any atom is 0.319 e. The van der Waals surface area contributed by atoms with Crippen molar-refractivity contribution in [1.29, 1.82) is 0 Å². The van der Waals surface area contributed by atoms with E-state index in [1.54, 1.807) is 19.0 Å². The van der Waals surface area contributed by atoms with E-state index in [0.29, 0.717) is 6.04 Å². The number of urea groups is 1. The lowest BCUT2D eigenvalue weighted by Crippen LogP contribution is -2.48. The minimum Gasteiger partial charge on any atom is -0.331 e. The number of hydrogen-bond acceptors (Lipinski definition) is 3. The lowest BCUT2D eigenvalue weighted by atomic mass is 10.1. The molecule has 1 N–H and O–H groups in total. The van der Waals surface area contributed by atoms with Gasteiger partial charge in [-0.25, -0.2) is 4.79 Å². The summed E-state index contributed by atoms with van der Waals surface area (Å²) in [4.78, 5) is 19.7. The van der Waals surface area contributed by atoms with E-state index in [0.717, 1.165) is 44.6 Å². The molecule has 0 radical (unpaired) electrons. The summed E-state index contributed by atoms with van der Waals surface area (Å²) in [5.41, 5.74) is 1.13. The molecule has 1 aromatic heterocycles. The predicted octanol–water partition coefficient (Wildman–Crippen LogP) is 1.36. The highest BCUT2D eigenvalue weighted by Crippen LogP contribution is 2.11. The van der Waals surface area contributed by atoms with E-state index in [-0.39, 0.29) is 6.03 Å². The third-order valence-corrected chi connectivity index (χ3v) is 3.69. The van der Waals surface area contributed by atoms with Gasteiger partial charge >= 0.3 is 6.03 Å². The number of pyridine rings is 1. The molecule has 2 amide bonds. The summed E-state index contributed by atoms with van der Waals surface area (Å²) in [6, 6.07) is 6.66. The summed E-state index contributed by atoms with van der Waals surface area (Å²) in [6.45, 7) is 2.64. The number of likely N-dealkylation sites (tertiary alicyclic amines) is 1. The van der Waals surface area contributed by atoms with Gasteiger partial charge in [0.05, 0.1) is 0 Å². The molecule has 0 spiro atoms. The fourth-order valence-electron chi connectivity index (χ4n) is 2.51. The molecular weight excluding hydrogens is 252 g/mol. The molecule has 0 atom stereocenters. The topological polar surface area (TPSA) is 48.5 Å². The van der Waals surface area contributed by atoms with Crippen molar-refractivity contribution >= 4 is 6.03 Å². The minimum atomic E-state index is 0.122. The van der Waals surface area contributed by atoms with Crippen LogP contribution < -0.4 is 5.32 Å². The molecule has 0 aromatic carbocycles. The maximum atomic E-state index is 11.8. The van der Waals surface area contributed by atoms with Crippen LogP contribution in [0.15, 0.2) is 24.4 Å². The summed E-state index contributed by atoms with van der Waals surface area (Å²) >= 11 is 0. The van der Waals surface area contributed by atoms with Gasteiger partial charge in [0.25, 0.3) is 0 Å². The summed E-state index contributed by atoms with van der Waals surface area (Å²) in [6.07, 6.45) is 4.85. The SMILES string of the molecule is CN(C)C(=O)N1CCC(NCCc2ccccn2)CC1. The highest BCUT2D eigenvalue weighted by atomic mass is 16.2. The molecule has 1 fully saturated rings. The van der Waals surface area contributed by atoms with Crippen molar-refractivity contribution < 1.29 is 4.79 Å². The second-order valence-corrected chi connectivity index (χ2v) is 5.46. The maximum absolute atomic E-state index is 11.8. The molecule has 5 heteroatoms. The molecule has 0 aliphatic carbocycles. The van der Waals surface area contributed by atoms with Crippen molar-refractivity contribution in [2.75, 3.05) is 33.7 Å². The molecule has 1 aliphatic heterocycles. The molecule has 1 aliphatic rings. The Morgan fingerprint density at radius 3 is 2.75 bits per heavy atom. The zero-order chi connectivity index (χ0) is 14.4. The zero-order valence-electron chi connectivity index (χ0n) is 12.4. The number of piperidine rings is 1. The number of amides is 2. The van der Waals surface area contributed by atoms with Crippen LogP contribution in [0.1, 0.15) is 18.5 Å². The fourth-order valence-corrected chi connectivity index (χ4v) is 2.51. The van der Waals surface area contributed by atoms with Gasteiger partial charge < -0.3 is 15.1 Å². The highest BCUT2D eigenvalue weighted by molar-refractivity contribution is 5.73. The van der Waals surface area contributed by atoms with Crippen LogP contribution in [-0.4, -0.2) is 60.6 Å². The van der Waals surface area contributed by atoms with Gasteiger partial charge in [-0.15, -0.1) is 0 Å². The van der Waals surface area contributed by atoms with E-state index < -0.39 is 0 Å². The number of rotatable bonds is 4. The fraction of sp³-hybridized carbons (Fsp3) is 0.600. The normalized spacial score (nSPS) is 16.2. The van der Waals surface area contributed by atoms with E-state index in [2.05, 4.69) is 16.4 Å². The quantitative estimate of drug-likeness (QED) is 0.903. The van der Waals surface area contributed by atoms with Gasteiger partial charge in [-0.3, -0.25) is 4.98 Å². The van der Waals surface area contributed by atoms with Crippen molar-refractivity contribution in [2.45, 2.75) is 25.3 Å². The molecule has 2 rings (SSSR count). The lowest BCUT2D eigenvalue weighted by molar-refractivity contribution is 0.152. The first-order chi connectivity index (χ1) is 9.66. The summed E-state index contributed by atoms with van der Waals surface area (Å²) < 4.78 is 0. The molecule has 2 heterocycles. The summed E-state index contributed by atoms with van der Waals surface area (Å²) in [7, 11) is 3.61. The van der Waals surface area contributed by atoms with Crippen molar-refractivity contribution in [1.82, 2.24) is 20.1 Å². The first kappa shape index (κ1) is 14.8. The van der Waals surface area contributed by atoms with Gasteiger partial charge in [0.1, 0.15) is 0 Å². The first-order valence-electron chi connectivity index (χ1n) is 7.26. The molecule has 110 valence electrons. The van der Waals surface area contributed by atoms with Crippen LogP contribution in [0, 0.1) is 0 Å². The van der Waals surface area contributed by atoms with Crippen molar-refractivity contribution in [2.24, 2.45) is 0 Å². The van der Waals surface area contributed by atoms with Gasteiger partial charge in [-0.05, 0) is 25.0 Å². The van der Waals surface area contributed by atoms with Crippen LogP contribution in [0.5, 0.6) is 0 Å². The van der Waals surface area contributed by atoms with Gasteiger partial charge in [-0.1, -0.05) is 6.07 Å². The monoisotopic (exact) mass is 276 g/mol. The minimum absolute atomic E-state index is 0.122. The Hall–Kier alpha value is -1.62. The Labute approximate surface area is 121 Å². The van der Waals surface area contributed by atoms with Crippen molar-refractivity contribution in [3.8, 4) is 0 Å². The molecule has 1 aromatic rings. The largest absolute Gasteiger partial charge is 0.331 e. The van der Waals surface area contributed by atoms with Crippen molar-refractivity contribution in [3.05, 3.63) is 30.1 Å². The third kappa shape index (κ3) is 4.20. The second-order valence-electron chi connectivity index (χ2n) is 5.46. The van der Waals surface area contributed by atoms with E-state index in [9.17, 15) is 4.79 Å². The van der Waals surface area contributed by atoms with Gasteiger partial charge in [-0.2, -0.15) is 0 Å². The van der Waals surface area contributed by atoms with E-state index >= 15 is 0 Å². The van der Waals surface area contributed by atoms with E-state index in [1.807, 2.05) is 23.2 Å². The Morgan fingerprint density at radius 1 is 1.40 bits per heavy atom. The molecule has 20 heavy (non-hydrogen) atoms. The van der Waals surface area contributed by atoms with Gasteiger partial charge in [0, 0.05) is 58.1 Å². The second kappa shape index (κ2) is 7.24. The predicted molar refractivity (Wildman–Crippen MR) is 79.6 cm³/mol. The third-order valence-electron chi connectivity index (χ3n) is 3.69. The molecule has 5 nitrogen and oxygen atoms in total. The highest BCUT2D eigenvalue weighted by Gasteiger charge is 2.23. The Kier molecular flexibility index (Phi) is 5.35. The molecule has 0 bridgehead atoms. The Bertz CT molecular complexity index is 413. The zero-order valence-corrected chi connectivity index (χ0v) is 12.4. The van der Waals surface area contributed by atoms with E-state index in [1.165, 1.54) is 0 Å². The average molecular weight is 276 g/mol. The number of nitrogens with one attached hydrogen (secondary N) is 1. The molecular formula is C15H24N4O. The van der Waals surface area contributed by atoms with Crippen LogP contribution in [0.2, 0.25) is 0 Å². The first-order valence-corrected chi connectivity index (χ1v) is 7.26.